The molecule has 5 rings (SSSR count). The highest BCUT2D eigenvalue weighted by Crippen LogP contribution is 2.34. The minimum absolute atomic E-state index is 0.00896. The first-order valence-electron chi connectivity index (χ1n) is 9.80. The Balaban J connectivity index is 1.27. The van der Waals surface area contributed by atoms with Gasteiger partial charge < -0.3 is 14.8 Å². The normalized spacial score (nSPS) is 14.7. The molecule has 2 aromatic carbocycles. The van der Waals surface area contributed by atoms with E-state index in [4.69, 9.17) is 4.42 Å². The van der Waals surface area contributed by atoms with Crippen molar-refractivity contribution < 1.29 is 14.3 Å². The third-order valence-electron chi connectivity index (χ3n) is 5.22. The van der Waals surface area contributed by atoms with Crippen molar-refractivity contribution >= 4 is 27.5 Å². The van der Waals surface area contributed by atoms with Gasteiger partial charge in [0, 0.05) is 0 Å². The summed E-state index contributed by atoms with van der Waals surface area (Å²) in [6, 6.07) is 16.5. The van der Waals surface area contributed by atoms with E-state index >= 15 is 0 Å². The van der Waals surface area contributed by atoms with Crippen molar-refractivity contribution in [3.05, 3.63) is 65.3 Å². The molecule has 152 valence electrons. The van der Waals surface area contributed by atoms with Crippen LogP contribution in [0.1, 0.15) is 29.6 Å². The monoisotopic (exact) mass is 420 g/mol. The maximum Gasteiger partial charge on any atom is 0.229 e. The number of aliphatic hydroxyl groups excluding tert-OH is 1. The van der Waals surface area contributed by atoms with Crippen LogP contribution >= 0.6 is 11.3 Å². The number of benzene rings is 2. The summed E-state index contributed by atoms with van der Waals surface area (Å²) in [7, 11) is 0. The predicted molar refractivity (Wildman–Crippen MR) is 113 cm³/mol. The summed E-state index contributed by atoms with van der Waals surface area (Å²) in [5.74, 6) is 0.484. The third-order valence-corrected chi connectivity index (χ3v) is 6.24. The number of hydrogen-bond acceptors (Lipinski definition) is 7. The Morgan fingerprint density at radius 3 is 2.67 bits per heavy atom. The van der Waals surface area contributed by atoms with Gasteiger partial charge in [0.2, 0.25) is 17.7 Å². The fourth-order valence-corrected chi connectivity index (χ4v) is 4.37. The zero-order chi connectivity index (χ0) is 20.6. The summed E-state index contributed by atoms with van der Waals surface area (Å²) < 4.78 is 6.74. The topological polar surface area (TPSA) is 101 Å². The van der Waals surface area contributed by atoms with Crippen LogP contribution < -0.4 is 5.32 Å². The molecule has 1 amide bonds. The highest BCUT2D eigenvalue weighted by atomic mass is 32.1. The summed E-state index contributed by atoms with van der Waals surface area (Å²) in [6.45, 7) is -0.0442. The number of nitrogens with one attached hydrogen (secondary N) is 1. The van der Waals surface area contributed by atoms with Gasteiger partial charge >= 0.3 is 0 Å². The van der Waals surface area contributed by atoms with Gasteiger partial charge in [0.15, 0.2) is 0 Å². The Bertz CT molecular complexity index is 1200. The molecule has 0 aliphatic heterocycles. The van der Waals surface area contributed by atoms with Gasteiger partial charge in [-0.25, -0.2) is 4.98 Å². The van der Waals surface area contributed by atoms with Gasteiger partial charge in [-0.1, -0.05) is 36.4 Å². The quantitative estimate of drug-likeness (QED) is 0.476. The van der Waals surface area contributed by atoms with Crippen LogP contribution in [0.25, 0.3) is 21.3 Å². The van der Waals surface area contributed by atoms with E-state index in [2.05, 4.69) is 44.8 Å². The van der Waals surface area contributed by atoms with E-state index in [0.29, 0.717) is 12.3 Å². The molecule has 1 aliphatic rings. The van der Waals surface area contributed by atoms with Crippen LogP contribution in [0.3, 0.4) is 0 Å². The van der Waals surface area contributed by atoms with E-state index in [0.717, 1.165) is 33.6 Å². The summed E-state index contributed by atoms with van der Waals surface area (Å²) in [5.41, 5.74) is 2.82. The molecule has 4 aromatic rings. The standard InChI is InChI=1S/C22H20N4O3S/c27-13-22(8-9-22)24-18(28)11-19-25-26-20(29-19)12-21-23-16-7-6-15(10-17(16)30-21)14-4-2-1-3-5-14/h1-7,10,27H,8-9,11-13H2,(H,24,28). The maximum absolute atomic E-state index is 12.1. The van der Waals surface area contributed by atoms with E-state index in [-0.39, 0.29) is 24.8 Å². The van der Waals surface area contributed by atoms with Crippen LogP contribution in [-0.2, 0) is 17.6 Å². The van der Waals surface area contributed by atoms with Crippen LogP contribution in [0.5, 0.6) is 0 Å². The first-order valence-corrected chi connectivity index (χ1v) is 10.6. The molecule has 2 heterocycles. The lowest BCUT2D eigenvalue weighted by molar-refractivity contribution is -0.122. The number of rotatable bonds is 7. The Morgan fingerprint density at radius 1 is 1.10 bits per heavy atom. The molecule has 30 heavy (non-hydrogen) atoms. The number of thiazole rings is 1. The average Bonchev–Trinajstić information content (AvgIpc) is 3.20. The van der Waals surface area contributed by atoms with Crippen LogP contribution in [0.15, 0.2) is 52.9 Å². The van der Waals surface area contributed by atoms with Gasteiger partial charge in [-0.3, -0.25) is 4.79 Å². The molecule has 0 saturated heterocycles. The molecule has 0 atom stereocenters. The van der Waals surface area contributed by atoms with Crippen LogP contribution in [0.4, 0.5) is 0 Å². The molecular formula is C22H20N4O3S. The lowest BCUT2D eigenvalue weighted by Gasteiger charge is -2.12. The molecule has 1 fully saturated rings. The van der Waals surface area contributed by atoms with E-state index < -0.39 is 5.54 Å². The molecule has 0 unspecified atom stereocenters. The largest absolute Gasteiger partial charge is 0.424 e. The van der Waals surface area contributed by atoms with E-state index in [1.165, 1.54) is 5.56 Å². The maximum atomic E-state index is 12.1. The summed E-state index contributed by atoms with van der Waals surface area (Å²) in [4.78, 5) is 16.8. The zero-order valence-electron chi connectivity index (χ0n) is 16.2. The Hall–Kier alpha value is -3.10. The van der Waals surface area contributed by atoms with Crippen molar-refractivity contribution in [3.8, 4) is 11.1 Å². The molecule has 2 aromatic heterocycles. The molecule has 8 heteroatoms. The fraction of sp³-hybridized carbons (Fsp3) is 0.273. The lowest BCUT2D eigenvalue weighted by Crippen LogP contribution is -2.40. The van der Waals surface area contributed by atoms with Crippen LogP contribution in [0, 0.1) is 0 Å². The number of fused-ring (bicyclic) bond motifs is 1. The van der Waals surface area contributed by atoms with E-state index in [1.54, 1.807) is 11.3 Å². The first kappa shape index (κ1) is 18.9. The number of aliphatic hydroxyl groups is 1. The van der Waals surface area contributed by atoms with Gasteiger partial charge in [0.25, 0.3) is 0 Å². The summed E-state index contributed by atoms with van der Waals surface area (Å²) in [6.07, 6.45) is 2.03. The fourth-order valence-electron chi connectivity index (χ4n) is 3.37. The smallest absolute Gasteiger partial charge is 0.229 e. The first-order chi connectivity index (χ1) is 14.6. The Labute approximate surface area is 176 Å². The van der Waals surface area contributed by atoms with Crippen LogP contribution in [-0.4, -0.2) is 38.3 Å². The molecule has 2 N–H and O–H groups in total. The molecule has 7 nitrogen and oxygen atoms in total. The molecule has 1 aliphatic carbocycles. The minimum Gasteiger partial charge on any atom is -0.424 e. The second kappa shape index (κ2) is 7.62. The van der Waals surface area contributed by atoms with Crippen molar-refractivity contribution in [2.75, 3.05) is 6.61 Å². The Morgan fingerprint density at radius 2 is 1.90 bits per heavy atom. The zero-order valence-corrected chi connectivity index (χ0v) is 17.0. The van der Waals surface area contributed by atoms with E-state index in [9.17, 15) is 9.90 Å². The second-order valence-electron chi connectivity index (χ2n) is 7.59. The van der Waals surface area contributed by atoms with Crippen molar-refractivity contribution in [2.24, 2.45) is 0 Å². The van der Waals surface area contributed by atoms with Crippen LogP contribution in [0.2, 0.25) is 0 Å². The second-order valence-corrected chi connectivity index (χ2v) is 8.70. The molecule has 1 saturated carbocycles. The predicted octanol–water partition coefficient (Wildman–Crippen LogP) is 3.12. The van der Waals surface area contributed by atoms with Gasteiger partial charge in [0.1, 0.15) is 11.4 Å². The minimum atomic E-state index is -0.445. The number of amides is 1. The average molecular weight is 420 g/mol. The van der Waals surface area contributed by atoms with Crippen molar-refractivity contribution in [1.82, 2.24) is 20.5 Å². The van der Waals surface area contributed by atoms with Gasteiger partial charge in [-0.15, -0.1) is 21.5 Å². The molecule has 0 radical (unpaired) electrons. The summed E-state index contributed by atoms with van der Waals surface area (Å²) in [5, 5.41) is 21.1. The number of carbonyl (C=O) groups excluding carboxylic acids is 1. The van der Waals surface area contributed by atoms with Crippen molar-refractivity contribution in [3.63, 3.8) is 0 Å². The molecule has 0 bridgehead atoms. The van der Waals surface area contributed by atoms with Gasteiger partial charge in [-0.05, 0) is 36.1 Å². The highest BCUT2D eigenvalue weighted by Gasteiger charge is 2.43. The van der Waals surface area contributed by atoms with Crippen molar-refractivity contribution in [1.29, 1.82) is 0 Å². The van der Waals surface area contributed by atoms with Crippen molar-refractivity contribution in [2.45, 2.75) is 31.2 Å². The van der Waals surface area contributed by atoms with Gasteiger partial charge in [0.05, 0.1) is 28.8 Å². The SMILES string of the molecule is O=C(Cc1nnc(Cc2nc3ccc(-c4ccccc4)cc3s2)o1)NC1(CO)CC1. The highest BCUT2D eigenvalue weighted by molar-refractivity contribution is 7.18. The number of nitrogens with zero attached hydrogens (tertiary/aromatic N) is 3. The third kappa shape index (κ3) is 3.96. The summed E-state index contributed by atoms with van der Waals surface area (Å²) >= 11 is 1.60. The Kier molecular flexibility index (Phi) is 4.80. The number of carbonyl (C=O) groups is 1. The molecular weight excluding hydrogens is 400 g/mol. The molecule has 0 spiro atoms. The number of aromatic nitrogens is 3. The van der Waals surface area contributed by atoms with Gasteiger partial charge in [-0.2, -0.15) is 0 Å². The van der Waals surface area contributed by atoms with E-state index in [1.807, 2.05) is 24.3 Å². The number of hydrogen-bond donors (Lipinski definition) is 2. The lowest BCUT2D eigenvalue weighted by atomic mass is 10.1.